The highest BCUT2D eigenvalue weighted by Crippen LogP contribution is 2.24. The lowest BCUT2D eigenvalue weighted by Crippen LogP contribution is -2.05. The molecule has 3 aromatic rings. The molecule has 0 aliphatic heterocycles. The van der Waals surface area contributed by atoms with Gasteiger partial charge in [-0.15, -0.1) is 11.8 Å². The van der Waals surface area contributed by atoms with E-state index in [1.165, 1.54) is 0 Å². The smallest absolute Gasteiger partial charge is 0.338 e. The van der Waals surface area contributed by atoms with Gasteiger partial charge in [-0.25, -0.2) is 4.79 Å². The van der Waals surface area contributed by atoms with E-state index >= 15 is 0 Å². The van der Waals surface area contributed by atoms with Gasteiger partial charge < -0.3 is 4.74 Å². The van der Waals surface area contributed by atoms with Crippen molar-refractivity contribution in [2.75, 3.05) is 0 Å². The zero-order valence-corrected chi connectivity index (χ0v) is 16.0. The third kappa shape index (κ3) is 5.62. The molecular weight excluding hydrogens is 378 g/mol. The van der Waals surface area contributed by atoms with E-state index in [4.69, 9.17) is 21.6 Å². The van der Waals surface area contributed by atoms with Crippen LogP contribution in [0.2, 0.25) is 5.02 Å². The molecule has 0 bridgehead atoms. The van der Waals surface area contributed by atoms with E-state index in [1.54, 1.807) is 48.2 Å². The molecule has 3 nitrogen and oxygen atoms in total. The van der Waals surface area contributed by atoms with Crippen molar-refractivity contribution in [1.29, 1.82) is 5.26 Å². The maximum absolute atomic E-state index is 12.2. The highest BCUT2D eigenvalue weighted by Gasteiger charge is 2.08. The van der Waals surface area contributed by atoms with Crippen molar-refractivity contribution < 1.29 is 9.53 Å². The Morgan fingerprint density at radius 3 is 2.19 bits per heavy atom. The average molecular weight is 394 g/mol. The van der Waals surface area contributed by atoms with E-state index in [0.717, 1.165) is 26.8 Å². The van der Waals surface area contributed by atoms with Gasteiger partial charge in [0.2, 0.25) is 0 Å². The lowest BCUT2D eigenvalue weighted by molar-refractivity contribution is 0.0472. The van der Waals surface area contributed by atoms with Gasteiger partial charge in [-0.05, 0) is 59.7 Å². The molecule has 0 aliphatic rings. The first-order chi connectivity index (χ1) is 13.1. The fourth-order valence-corrected chi connectivity index (χ4v) is 3.32. The van der Waals surface area contributed by atoms with Crippen LogP contribution in [0.4, 0.5) is 0 Å². The Labute approximate surface area is 167 Å². The van der Waals surface area contributed by atoms with Crippen molar-refractivity contribution in [1.82, 2.24) is 0 Å². The van der Waals surface area contributed by atoms with Gasteiger partial charge in [0.15, 0.2) is 0 Å². The Bertz CT molecular complexity index is 946. The van der Waals surface area contributed by atoms with Crippen LogP contribution in [0.5, 0.6) is 0 Å². The number of nitrogens with zero attached hydrogens (tertiary/aromatic N) is 1. The fourth-order valence-electron chi connectivity index (χ4n) is 2.34. The summed E-state index contributed by atoms with van der Waals surface area (Å²) in [5.41, 5.74) is 3.07. The molecule has 0 heterocycles. The summed E-state index contributed by atoms with van der Waals surface area (Å²) in [5, 5.41) is 9.51. The summed E-state index contributed by atoms with van der Waals surface area (Å²) in [6.45, 7) is 0.179. The summed E-state index contributed by atoms with van der Waals surface area (Å²) in [5.74, 6) is 0.443. The molecule has 0 fully saturated rings. The summed E-state index contributed by atoms with van der Waals surface area (Å²) in [6, 6.07) is 24.2. The normalized spacial score (nSPS) is 10.2. The third-order valence-corrected chi connectivity index (χ3v) is 5.20. The van der Waals surface area contributed by atoms with E-state index in [-0.39, 0.29) is 12.6 Å². The van der Waals surface area contributed by atoms with E-state index < -0.39 is 0 Å². The molecule has 0 spiro atoms. The van der Waals surface area contributed by atoms with Crippen molar-refractivity contribution in [3.8, 4) is 6.07 Å². The number of esters is 1. The lowest BCUT2D eigenvalue weighted by atomic mass is 10.1. The Balaban J connectivity index is 1.52. The maximum Gasteiger partial charge on any atom is 0.338 e. The SMILES string of the molecule is N#Cc1ccc(COC(=O)c2ccc(CSc3ccc(Cl)cc3)cc2)cc1. The number of benzene rings is 3. The molecule has 0 amide bonds. The third-order valence-electron chi connectivity index (χ3n) is 3.86. The highest BCUT2D eigenvalue weighted by atomic mass is 35.5. The van der Waals surface area contributed by atoms with Crippen LogP contribution >= 0.6 is 23.4 Å². The topological polar surface area (TPSA) is 50.1 Å². The first kappa shape index (κ1) is 19.0. The standard InChI is InChI=1S/C22H16ClNO2S/c23-20-9-11-21(12-10-20)27-15-18-5-7-19(8-6-18)22(25)26-14-17-3-1-16(13-24)2-4-17/h1-12H,14-15H2. The fraction of sp³-hybridized carbons (Fsp3) is 0.0909. The highest BCUT2D eigenvalue weighted by molar-refractivity contribution is 7.98. The number of thioether (sulfide) groups is 1. The number of nitriles is 1. The average Bonchev–Trinajstić information content (AvgIpc) is 2.72. The summed E-state index contributed by atoms with van der Waals surface area (Å²) >= 11 is 7.60. The lowest BCUT2D eigenvalue weighted by Gasteiger charge is -2.06. The van der Waals surface area contributed by atoms with Gasteiger partial charge in [-0.1, -0.05) is 35.9 Å². The van der Waals surface area contributed by atoms with Crippen LogP contribution in [0.15, 0.2) is 77.7 Å². The van der Waals surface area contributed by atoms with E-state index in [1.807, 2.05) is 36.4 Å². The Hall–Kier alpha value is -2.74. The Morgan fingerprint density at radius 1 is 0.926 bits per heavy atom. The molecule has 3 rings (SSSR count). The number of ether oxygens (including phenoxy) is 1. The second-order valence-corrected chi connectivity index (χ2v) is 7.31. The molecular formula is C22H16ClNO2S. The quantitative estimate of drug-likeness (QED) is 0.388. The summed E-state index contributed by atoms with van der Waals surface area (Å²) in [4.78, 5) is 13.3. The largest absolute Gasteiger partial charge is 0.457 e. The van der Waals surface area contributed by atoms with E-state index in [2.05, 4.69) is 6.07 Å². The molecule has 134 valence electrons. The van der Waals surface area contributed by atoms with Crippen LogP contribution in [0.25, 0.3) is 0 Å². The molecule has 0 unspecified atom stereocenters. The first-order valence-corrected chi connectivity index (χ1v) is 9.64. The number of carbonyl (C=O) groups excluding carboxylic acids is 1. The van der Waals surface area contributed by atoms with Crippen LogP contribution in [0, 0.1) is 11.3 Å². The first-order valence-electron chi connectivity index (χ1n) is 8.27. The van der Waals surface area contributed by atoms with Crippen molar-refractivity contribution in [3.63, 3.8) is 0 Å². The van der Waals surface area contributed by atoms with Crippen molar-refractivity contribution in [2.24, 2.45) is 0 Å². The number of halogens is 1. The predicted octanol–water partition coefficient (Wildman–Crippen LogP) is 5.86. The van der Waals surface area contributed by atoms with Crippen molar-refractivity contribution in [2.45, 2.75) is 17.3 Å². The summed E-state index contributed by atoms with van der Waals surface area (Å²) in [6.07, 6.45) is 0. The van der Waals surface area contributed by atoms with E-state index in [9.17, 15) is 4.79 Å². The number of hydrogen-bond donors (Lipinski definition) is 0. The van der Waals surface area contributed by atoms with Gasteiger partial charge in [0, 0.05) is 15.7 Å². The van der Waals surface area contributed by atoms with Crippen LogP contribution < -0.4 is 0 Å². The molecule has 0 saturated heterocycles. The predicted molar refractivity (Wildman–Crippen MR) is 108 cm³/mol. The number of carbonyl (C=O) groups is 1. The summed E-state index contributed by atoms with van der Waals surface area (Å²) in [7, 11) is 0. The Morgan fingerprint density at radius 2 is 1.56 bits per heavy atom. The zero-order chi connectivity index (χ0) is 19.1. The Kier molecular flexibility index (Phi) is 6.54. The molecule has 0 radical (unpaired) electrons. The van der Waals surface area contributed by atoms with Crippen LogP contribution in [-0.4, -0.2) is 5.97 Å². The van der Waals surface area contributed by atoms with Gasteiger partial charge >= 0.3 is 5.97 Å². The van der Waals surface area contributed by atoms with Gasteiger partial charge in [-0.3, -0.25) is 0 Å². The number of rotatable bonds is 6. The van der Waals surface area contributed by atoms with Crippen molar-refractivity contribution >= 4 is 29.3 Å². The second-order valence-electron chi connectivity index (χ2n) is 5.82. The monoisotopic (exact) mass is 393 g/mol. The molecule has 0 saturated carbocycles. The molecule has 27 heavy (non-hydrogen) atoms. The van der Waals surface area contributed by atoms with Crippen LogP contribution in [-0.2, 0) is 17.1 Å². The molecule has 3 aromatic carbocycles. The molecule has 0 atom stereocenters. The van der Waals surface area contributed by atoms with Gasteiger partial charge in [0.25, 0.3) is 0 Å². The van der Waals surface area contributed by atoms with Crippen molar-refractivity contribution in [3.05, 3.63) is 100 Å². The molecule has 5 heteroatoms. The minimum absolute atomic E-state index is 0.179. The molecule has 0 aliphatic carbocycles. The van der Waals surface area contributed by atoms with Crippen LogP contribution in [0.3, 0.4) is 0 Å². The second kappa shape index (κ2) is 9.27. The number of hydrogen-bond acceptors (Lipinski definition) is 4. The van der Waals surface area contributed by atoms with Gasteiger partial charge in [0.1, 0.15) is 6.61 Å². The molecule has 0 N–H and O–H groups in total. The molecule has 0 aromatic heterocycles. The zero-order valence-electron chi connectivity index (χ0n) is 14.4. The summed E-state index contributed by atoms with van der Waals surface area (Å²) < 4.78 is 5.33. The van der Waals surface area contributed by atoms with Gasteiger partial charge in [-0.2, -0.15) is 5.26 Å². The minimum atomic E-state index is -0.365. The van der Waals surface area contributed by atoms with Gasteiger partial charge in [0.05, 0.1) is 17.2 Å². The minimum Gasteiger partial charge on any atom is -0.457 e. The maximum atomic E-state index is 12.2. The van der Waals surface area contributed by atoms with E-state index in [0.29, 0.717) is 11.1 Å². The van der Waals surface area contributed by atoms with Crippen LogP contribution in [0.1, 0.15) is 27.0 Å².